The summed E-state index contributed by atoms with van der Waals surface area (Å²) in [7, 11) is 0. The lowest BCUT2D eigenvalue weighted by Crippen LogP contribution is -2.41. The number of nitrogens with one attached hydrogen (secondary N) is 2. The lowest BCUT2D eigenvalue weighted by Gasteiger charge is -2.27. The molecule has 20 heavy (non-hydrogen) atoms. The number of hydrogen-bond acceptors (Lipinski definition) is 3. The fraction of sp³-hybridized carbons (Fsp3) is 0.533. The largest absolute Gasteiger partial charge is 0.372 e. The third-order valence-electron chi connectivity index (χ3n) is 3.47. The molecule has 1 aliphatic rings. The van der Waals surface area contributed by atoms with Crippen molar-refractivity contribution in [1.82, 2.24) is 10.2 Å². The van der Waals surface area contributed by atoms with Crippen LogP contribution in [0.25, 0.3) is 0 Å². The molecule has 1 heterocycles. The SMILES string of the molecule is Cc1cccc(NCNC/N=C(\N)N2CCCCC2)c1. The number of rotatable bonds is 5. The number of benzene rings is 1. The van der Waals surface area contributed by atoms with Crippen LogP contribution >= 0.6 is 0 Å². The van der Waals surface area contributed by atoms with E-state index in [0.29, 0.717) is 19.3 Å². The molecule has 1 aliphatic heterocycles. The summed E-state index contributed by atoms with van der Waals surface area (Å²) in [6, 6.07) is 8.31. The predicted molar refractivity (Wildman–Crippen MR) is 84.7 cm³/mol. The Bertz CT molecular complexity index is 438. The van der Waals surface area contributed by atoms with Crippen LogP contribution in [0.5, 0.6) is 0 Å². The number of nitrogens with two attached hydrogens (primary N) is 1. The fourth-order valence-electron chi connectivity index (χ4n) is 2.34. The minimum atomic E-state index is 0.543. The molecule has 1 aromatic rings. The fourth-order valence-corrected chi connectivity index (χ4v) is 2.34. The van der Waals surface area contributed by atoms with E-state index in [4.69, 9.17) is 5.73 Å². The molecule has 110 valence electrons. The molecule has 4 N–H and O–H groups in total. The highest BCUT2D eigenvalue weighted by Gasteiger charge is 2.11. The average Bonchev–Trinajstić information content (AvgIpc) is 2.48. The topological polar surface area (TPSA) is 65.7 Å². The van der Waals surface area contributed by atoms with Gasteiger partial charge in [0, 0.05) is 18.8 Å². The van der Waals surface area contributed by atoms with Crippen LogP contribution in [-0.4, -0.2) is 37.3 Å². The number of hydrogen-bond donors (Lipinski definition) is 3. The Labute approximate surface area is 121 Å². The summed E-state index contributed by atoms with van der Waals surface area (Å²) in [5, 5.41) is 6.52. The molecule has 0 bridgehead atoms. The maximum atomic E-state index is 5.98. The van der Waals surface area contributed by atoms with Crippen LogP contribution in [-0.2, 0) is 0 Å². The maximum absolute atomic E-state index is 5.98. The Hall–Kier alpha value is -1.75. The summed E-state index contributed by atoms with van der Waals surface area (Å²) in [5.41, 5.74) is 8.35. The summed E-state index contributed by atoms with van der Waals surface area (Å²) in [4.78, 5) is 6.53. The molecule has 1 aromatic carbocycles. The van der Waals surface area contributed by atoms with E-state index in [2.05, 4.69) is 45.6 Å². The molecule has 1 fully saturated rings. The number of aryl methyl sites for hydroxylation is 1. The second-order valence-corrected chi connectivity index (χ2v) is 5.20. The summed E-state index contributed by atoms with van der Waals surface area (Å²) in [6.07, 6.45) is 3.75. The van der Waals surface area contributed by atoms with E-state index < -0.39 is 0 Å². The first-order chi connectivity index (χ1) is 9.75. The Kier molecular flexibility index (Phi) is 5.68. The standard InChI is InChI=1S/C15H25N5/c1-13-6-5-7-14(10-13)18-11-17-12-19-15(16)20-8-3-2-4-9-20/h5-7,10,17-18H,2-4,8-9,11-12H2,1H3,(H2,16,19). The number of likely N-dealkylation sites (tertiary alicyclic amines) is 1. The number of nitrogens with zero attached hydrogens (tertiary/aromatic N) is 2. The maximum Gasteiger partial charge on any atom is 0.192 e. The number of guanidine groups is 1. The molecule has 0 spiro atoms. The van der Waals surface area contributed by atoms with E-state index in [0.717, 1.165) is 18.8 Å². The summed E-state index contributed by atoms with van der Waals surface area (Å²) < 4.78 is 0. The van der Waals surface area contributed by atoms with Gasteiger partial charge in [-0.25, -0.2) is 4.99 Å². The minimum Gasteiger partial charge on any atom is -0.372 e. The van der Waals surface area contributed by atoms with Crippen molar-refractivity contribution in [2.75, 3.05) is 31.7 Å². The van der Waals surface area contributed by atoms with E-state index >= 15 is 0 Å². The van der Waals surface area contributed by atoms with E-state index in [1.54, 1.807) is 0 Å². The zero-order valence-corrected chi connectivity index (χ0v) is 12.2. The molecule has 0 aromatic heterocycles. The Balaban J connectivity index is 1.65. The van der Waals surface area contributed by atoms with Gasteiger partial charge in [-0.1, -0.05) is 12.1 Å². The van der Waals surface area contributed by atoms with Gasteiger partial charge in [-0.15, -0.1) is 0 Å². The van der Waals surface area contributed by atoms with Crippen molar-refractivity contribution in [3.8, 4) is 0 Å². The molecule has 0 aliphatic carbocycles. The second kappa shape index (κ2) is 7.75. The van der Waals surface area contributed by atoms with Crippen molar-refractivity contribution in [3.05, 3.63) is 29.8 Å². The normalized spacial score (nSPS) is 16.2. The van der Waals surface area contributed by atoms with Gasteiger partial charge in [0.15, 0.2) is 5.96 Å². The summed E-state index contributed by atoms with van der Waals surface area (Å²) in [6.45, 7) is 5.39. The van der Waals surface area contributed by atoms with Gasteiger partial charge >= 0.3 is 0 Å². The Morgan fingerprint density at radius 2 is 2.10 bits per heavy atom. The van der Waals surface area contributed by atoms with E-state index in [-0.39, 0.29) is 0 Å². The molecule has 0 radical (unpaired) electrons. The third kappa shape index (κ3) is 4.74. The zero-order chi connectivity index (χ0) is 14.2. The minimum absolute atomic E-state index is 0.543. The van der Waals surface area contributed by atoms with Crippen molar-refractivity contribution >= 4 is 11.6 Å². The Morgan fingerprint density at radius 3 is 2.85 bits per heavy atom. The summed E-state index contributed by atoms with van der Waals surface area (Å²) in [5.74, 6) is 0.660. The van der Waals surface area contributed by atoms with Crippen LogP contribution in [0.3, 0.4) is 0 Å². The van der Waals surface area contributed by atoms with Gasteiger partial charge in [0.1, 0.15) is 0 Å². The van der Waals surface area contributed by atoms with Crippen molar-refractivity contribution in [2.24, 2.45) is 10.7 Å². The molecule has 0 saturated carbocycles. The van der Waals surface area contributed by atoms with Crippen LogP contribution in [0, 0.1) is 6.92 Å². The highest BCUT2D eigenvalue weighted by molar-refractivity contribution is 5.78. The molecule has 5 nitrogen and oxygen atoms in total. The Morgan fingerprint density at radius 1 is 1.30 bits per heavy atom. The smallest absolute Gasteiger partial charge is 0.192 e. The van der Waals surface area contributed by atoms with Crippen LogP contribution in [0.1, 0.15) is 24.8 Å². The zero-order valence-electron chi connectivity index (χ0n) is 12.2. The van der Waals surface area contributed by atoms with Crippen LogP contribution < -0.4 is 16.4 Å². The van der Waals surface area contributed by atoms with Gasteiger partial charge in [-0.2, -0.15) is 0 Å². The first kappa shape index (κ1) is 14.7. The quantitative estimate of drug-likeness (QED) is 0.331. The monoisotopic (exact) mass is 275 g/mol. The van der Waals surface area contributed by atoms with Crippen LogP contribution in [0.15, 0.2) is 29.3 Å². The van der Waals surface area contributed by atoms with Gasteiger partial charge in [-0.3, -0.25) is 5.32 Å². The van der Waals surface area contributed by atoms with Crippen LogP contribution in [0.4, 0.5) is 5.69 Å². The molecule has 0 atom stereocenters. The number of aliphatic imine (C=N–C) groups is 1. The molecule has 2 rings (SSSR count). The molecular formula is C15H25N5. The highest BCUT2D eigenvalue weighted by atomic mass is 15.3. The van der Waals surface area contributed by atoms with Gasteiger partial charge in [0.25, 0.3) is 0 Å². The van der Waals surface area contributed by atoms with E-state index in [9.17, 15) is 0 Å². The van der Waals surface area contributed by atoms with Gasteiger partial charge in [0.05, 0.1) is 13.3 Å². The lowest BCUT2D eigenvalue weighted by atomic mass is 10.1. The van der Waals surface area contributed by atoms with Crippen molar-refractivity contribution in [2.45, 2.75) is 26.2 Å². The number of piperidine rings is 1. The lowest BCUT2D eigenvalue weighted by molar-refractivity contribution is 0.338. The molecule has 0 unspecified atom stereocenters. The third-order valence-corrected chi connectivity index (χ3v) is 3.47. The van der Waals surface area contributed by atoms with Gasteiger partial charge in [-0.05, 0) is 43.9 Å². The van der Waals surface area contributed by atoms with Crippen LogP contribution in [0.2, 0.25) is 0 Å². The average molecular weight is 275 g/mol. The molecular weight excluding hydrogens is 250 g/mol. The summed E-state index contributed by atoms with van der Waals surface area (Å²) >= 11 is 0. The van der Waals surface area contributed by atoms with E-state index in [1.807, 2.05) is 6.07 Å². The molecule has 5 heteroatoms. The first-order valence-electron chi connectivity index (χ1n) is 7.32. The molecule has 0 amide bonds. The molecule has 1 saturated heterocycles. The van der Waals surface area contributed by atoms with Crippen molar-refractivity contribution in [3.63, 3.8) is 0 Å². The van der Waals surface area contributed by atoms with Crippen molar-refractivity contribution < 1.29 is 0 Å². The van der Waals surface area contributed by atoms with E-state index in [1.165, 1.54) is 24.8 Å². The van der Waals surface area contributed by atoms with Gasteiger partial charge < -0.3 is 16.0 Å². The number of anilines is 1. The first-order valence-corrected chi connectivity index (χ1v) is 7.32. The predicted octanol–water partition coefficient (Wildman–Crippen LogP) is 1.71. The van der Waals surface area contributed by atoms with Gasteiger partial charge in [0.2, 0.25) is 0 Å². The second-order valence-electron chi connectivity index (χ2n) is 5.20. The highest BCUT2D eigenvalue weighted by Crippen LogP contribution is 2.08. The van der Waals surface area contributed by atoms with Crippen molar-refractivity contribution in [1.29, 1.82) is 0 Å².